The third-order valence-corrected chi connectivity index (χ3v) is 2.05. The summed E-state index contributed by atoms with van der Waals surface area (Å²) in [5.74, 6) is -6.27. The summed E-state index contributed by atoms with van der Waals surface area (Å²) in [5.41, 5.74) is 5.22. The fourth-order valence-corrected chi connectivity index (χ4v) is 1.19. The third kappa shape index (κ3) is 2.68. The van der Waals surface area contributed by atoms with Crippen molar-refractivity contribution in [3.8, 4) is 0 Å². The molecule has 0 aromatic heterocycles. The maximum Gasteiger partial charge on any atom is 0.197 e. The van der Waals surface area contributed by atoms with Crippen LogP contribution in [0.2, 0.25) is 0 Å². The van der Waals surface area contributed by atoms with Gasteiger partial charge in [0.1, 0.15) is 0 Å². The molecule has 1 atom stereocenters. The van der Waals surface area contributed by atoms with Crippen LogP contribution in [-0.4, -0.2) is 6.04 Å². The summed E-state index contributed by atoms with van der Waals surface area (Å²) in [4.78, 5) is 0. The Kier molecular flexibility index (Phi) is 3.68. The molecule has 0 amide bonds. The highest BCUT2D eigenvalue weighted by atomic mass is 19.2. The molecule has 0 spiro atoms. The smallest absolute Gasteiger partial charge is 0.197 e. The van der Waals surface area contributed by atoms with Gasteiger partial charge in [-0.2, -0.15) is 0 Å². The van der Waals surface area contributed by atoms with Crippen molar-refractivity contribution >= 4 is 0 Å². The molecule has 0 fully saturated rings. The topological polar surface area (TPSA) is 26.0 Å². The van der Waals surface area contributed by atoms with E-state index in [4.69, 9.17) is 5.73 Å². The van der Waals surface area contributed by atoms with Gasteiger partial charge in [-0.3, -0.25) is 0 Å². The largest absolute Gasteiger partial charge is 0.328 e. The van der Waals surface area contributed by atoms with Crippen LogP contribution in [0, 0.1) is 23.3 Å². The van der Waals surface area contributed by atoms with Crippen LogP contribution in [0.15, 0.2) is 6.07 Å². The van der Waals surface area contributed by atoms with E-state index < -0.39 is 23.3 Å². The van der Waals surface area contributed by atoms with Crippen LogP contribution in [0.3, 0.4) is 0 Å². The van der Waals surface area contributed by atoms with Gasteiger partial charge < -0.3 is 5.73 Å². The predicted octanol–water partition coefficient (Wildman–Crippen LogP) is 2.52. The lowest BCUT2D eigenvalue weighted by molar-refractivity contribution is 0.402. The summed E-state index contributed by atoms with van der Waals surface area (Å²) < 4.78 is 51.1. The Bertz CT molecular complexity index is 363. The molecule has 1 aromatic rings. The standard InChI is InChI=1S/C10H11F4N/c1-5(15)2-3-6-4-7(11)9(13)10(14)8(6)12/h4-5H,2-3,15H2,1H3/t5-/m1/s1. The Labute approximate surface area is 84.9 Å². The zero-order valence-corrected chi connectivity index (χ0v) is 8.16. The van der Waals surface area contributed by atoms with Crippen molar-refractivity contribution in [1.29, 1.82) is 0 Å². The maximum absolute atomic E-state index is 13.1. The van der Waals surface area contributed by atoms with Crippen molar-refractivity contribution in [3.05, 3.63) is 34.9 Å². The van der Waals surface area contributed by atoms with Crippen molar-refractivity contribution in [2.45, 2.75) is 25.8 Å². The van der Waals surface area contributed by atoms with E-state index in [1.807, 2.05) is 0 Å². The molecule has 1 nitrogen and oxygen atoms in total. The van der Waals surface area contributed by atoms with Gasteiger partial charge >= 0.3 is 0 Å². The second-order valence-electron chi connectivity index (χ2n) is 3.48. The van der Waals surface area contributed by atoms with Crippen molar-refractivity contribution in [3.63, 3.8) is 0 Å². The van der Waals surface area contributed by atoms with Gasteiger partial charge in [0.2, 0.25) is 0 Å². The zero-order valence-electron chi connectivity index (χ0n) is 8.16. The van der Waals surface area contributed by atoms with Crippen LogP contribution in [0.4, 0.5) is 17.6 Å². The van der Waals surface area contributed by atoms with Crippen LogP contribution in [-0.2, 0) is 6.42 Å². The van der Waals surface area contributed by atoms with Gasteiger partial charge in [-0.1, -0.05) is 0 Å². The van der Waals surface area contributed by atoms with E-state index >= 15 is 0 Å². The molecule has 1 aromatic carbocycles. The van der Waals surface area contributed by atoms with E-state index in [9.17, 15) is 17.6 Å². The van der Waals surface area contributed by atoms with Crippen LogP contribution in [0.25, 0.3) is 0 Å². The number of rotatable bonds is 3. The highest BCUT2D eigenvalue weighted by Gasteiger charge is 2.18. The highest BCUT2D eigenvalue weighted by molar-refractivity contribution is 5.22. The fourth-order valence-electron chi connectivity index (χ4n) is 1.19. The van der Waals surface area contributed by atoms with Crippen molar-refractivity contribution in [2.24, 2.45) is 5.73 Å². The zero-order chi connectivity index (χ0) is 11.6. The second-order valence-corrected chi connectivity index (χ2v) is 3.48. The molecule has 0 saturated carbocycles. The van der Waals surface area contributed by atoms with Crippen LogP contribution in [0.1, 0.15) is 18.9 Å². The lowest BCUT2D eigenvalue weighted by Crippen LogP contribution is -2.16. The predicted molar refractivity (Wildman–Crippen MR) is 48.2 cm³/mol. The summed E-state index contributed by atoms with van der Waals surface area (Å²) >= 11 is 0. The van der Waals surface area contributed by atoms with Crippen molar-refractivity contribution in [2.75, 3.05) is 0 Å². The number of halogens is 4. The van der Waals surface area contributed by atoms with E-state index in [0.29, 0.717) is 12.5 Å². The van der Waals surface area contributed by atoms with Gasteiger partial charge in [-0.15, -0.1) is 0 Å². The molecule has 0 saturated heterocycles. The summed E-state index contributed by atoms with van der Waals surface area (Å²) in [6.45, 7) is 1.69. The molecule has 0 aliphatic carbocycles. The lowest BCUT2D eigenvalue weighted by atomic mass is 10.1. The number of hydrogen-bond acceptors (Lipinski definition) is 1. The summed E-state index contributed by atoms with van der Waals surface area (Å²) in [5, 5.41) is 0. The van der Waals surface area contributed by atoms with E-state index in [2.05, 4.69) is 0 Å². The summed E-state index contributed by atoms with van der Waals surface area (Å²) in [6.07, 6.45) is 0.457. The van der Waals surface area contributed by atoms with Crippen LogP contribution >= 0.6 is 0 Å². The normalized spacial score (nSPS) is 12.9. The Balaban J connectivity index is 2.99. The maximum atomic E-state index is 13.1. The van der Waals surface area contributed by atoms with Crippen LogP contribution in [0.5, 0.6) is 0 Å². The first kappa shape index (κ1) is 12.0. The monoisotopic (exact) mass is 221 g/mol. The third-order valence-electron chi connectivity index (χ3n) is 2.05. The molecule has 0 heterocycles. The van der Waals surface area contributed by atoms with Gasteiger partial charge in [0.05, 0.1) is 0 Å². The Morgan fingerprint density at radius 3 is 2.27 bits per heavy atom. The van der Waals surface area contributed by atoms with E-state index in [1.165, 1.54) is 0 Å². The Morgan fingerprint density at radius 2 is 1.73 bits per heavy atom. The molecule has 0 radical (unpaired) electrons. The lowest BCUT2D eigenvalue weighted by Gasteiger charge is -2.07. The molecule has 1 rings (SSSR count). The average Bonchev–Trinajstić information content (AvgIpc) is 2.18. The minimum Gasteiger partial charge on any atom is -0.328 e. The number of nitrogens with two attached hydrogens (primary N) is 1. The first-order valence-corrected chi connectivity index (χ1v) is 4.51. The average molecular weight is 221 g/mol. The SMILES string of the molecule is C[C@@H](N)CCc1cc(F)c(F)c(F)c1F. The molecule has 0 aliphatic rings. The second kappa shape index (κ2) is 4.61. The Hall–Kier alpha value is -1.10. The van der Waals surface area contributed by atoms with E-state index in [1.54, 1.807) is 6.92 Å². The highest BCUT2D eigenvalue weighted by Crippen LogP contribution is 2.19. The molecule has 84 valence electrons. The van der Waals surface area contributed by atoms with Crippen molar-refractivity contribution < 1.29 is 17.6 Å². The first-order valence-electron chi connectivity index (χ1n) is 4.51. The van der Waals surface area contributed by atoms with E-state index in [0.717, 1.165) is 0 Å². The van der Waals surface area contributed by atoms with Crippen LogP contribution < -0.4 is 5.73 Å². The molecule has 2 N–H and O–H groups in total. The van der Waals surface area contributed by atoms with Gasteiger partial charge in [-0.25, -0.2) is 17.6 Å². The number of hydrogen-bond donors (Lipinski definition) is 1. The minimum absolute atomic E-state index is 0.0810. The van der Waals surface area contributed by atoms with Gasteiger partial charge in [-0.05, 0) is 31.4 Å². The fraction of sp³-hybridized carbons (Fsp3) is 0.400. The summed E-state index contributed by atoms with van der Waals surface area (Å²) in [6, 6.07) is 0.455. The van der Waals surface area contributed by atoms with Gasteiger partial charge in [0, 0.05) is 6.04 Å². The van der Waals surface area contributed by atoms with Crippen molar-refractivity contribution in [1.82, 2.24) is 0 Å². The molecule has 0 bridgehead atoms. The molecular formula is C10H11F4N. The summed E-state index contributed by atoms with van der Waals surface area (Å²) in [7, 11) is 0. The number of benzene rings is 1. The van der Waals surface area contributed by atoms with E-state index in [-0.39, 0.29) is 18.0 Å². The molecular weight excluding hydrogens is 210 g/mol. The van der Waals surface area contributed by atoms with Gasteiger partial charge in [0.15, 0.2) is 23.3 Å². The quantitative estimate of drug-likeness (QED) is 0.473. The molecule has 5 heteroatoms. The minimum atomic E-state index is -1.78. The molecule has 0 aliphatic heterocycles. The first-order chi connectivity index (χ1) is 6.93. The van der Waals surface area contributed by atoms with Gasteiger partial charge in [0.25, 0.3) is 0 Å². The Morgan fingerprint density at radius 1 is 1.13 bits per heavy atom. The molecule has 0 unspecified atom stereocenters. The number of aryl methyl sites for hydroxylation is 1. The molecule has 15 heavy (non-hydrogen) atoms.